The van der Waals surface area contributed by atoms with E-state index in [1.54, 1.807) is 0 Å². The Labute approximate surface area is 98.3 Å². The molecule has 2 fully saturated rings. The molecule has 0 amide bonds. The minimum Gasteiger partial charge on any atom is -0.376 e. The first-order chi connectivity index (χ1) is 7.88. The van der Waals surface area contributed by atoms with Crippen molar-refractivity contribution < 1.29 is 9.47 Å². The second-order valence-electron chi connectivity index (χ2n) is 4.77. The van der Waals surface area contributed by atoms with Crippen molar-refractivity contribution in [3.05, 3.63) is 0 Å². The molecular weight excluding hydrogens is 204 g/mol. The van der Waals surface area contributed by atoms with E-state index in [0.29, 0.717) is 6.04 Å². The number of rotatable bonds is 4. The maximum Gasteiger partial charge on any atom is 0.0936 e. The first-order valence-corrected chi connectivity index (χ1v) is 6.53. The van der Waals surface area contributed by atoms with Gasteiger partial charge in [-0.15, -0.1) is 0 Å². The van der Waals surface area contributed by atoms with Gasteiger partial charge in [-0.3, -0.25) is 4.90 Å². The zero-order chi connectivity index (χ0) is 11.2. The topological polar surface area (TPSA) is 33.7 Å². The number of piperazine rings is 1. The zero-order valence-corrected chi connectivity index (χ0v) is 10.3. The molecule has 2 heterocycles. The van der Waals surface area contributed by atoms with Crippen LogP contribution in [0.25, 0.3) is 0 Å². The fourth-order valence-corrected chi connectivity index (χ4v) is 2.53. The Balaban J connectivity index is 1.71. The highest BCUT2D eigenvalue weighted by Gasteiger charge is 2.23. The van der Waals surface area contributed by atoms with E-state index in [9.17, 15) is 0 Å². The number of ether oxygens (including phenoxy) is 2. The fraction of sp³-hybridized carbons (Fsp3) is 1.00. The second kappa shape index (κ2) is 6.55. The molecule has 0 bridgehead atoms. The summed E-state index contributed by atoms with van der Waals surface area (Å²) in [6, 6.07) is 0.670. The molecule has 0 radical (unpaired) electrons. The van der Waals surface area contributed by atoms with Gasteiger partial charge >= 0.3 is 0 Å². The third-order valence-electron chi connectivity index (χ3n) is 3.32. The highest BCUT2D eigenvalue weighted by molar-refractivity contribution is 4.80. The molecule has 0 spiro atoms. The molecule has 0 aromatic carbocycles. The summed E-state index contributed by atoms with van der Waals surface area (Å²) in [6.45, 7) is 8.97. The van der Waals surface area contributed by atoms with E-state index < -0.39 is 0 Å². The van der Waals surface area contributed by atoms with Crippen LogP contribution in [0.4, 0.5) is 0 Å². The predicted octanol–water partition coefficient (Wildman–Crippen LogP) is 0.476. The summed E-state index contributed by atoms with van der Waals surface area (Å²) >= 11 is 0. The summed E-state index contributed by atoms with van der Waals surface area (Å²) in [5, 5.41) is 3.57. The zero-order valence-electron chi connectivity index (χ0n) is 10.3. The van der Waals surface area contributed by atoms with E-state index in [-0.39, 0.29) is 6.10 Å². The Hall–Kier alpha value is -0.160. The van der Waals surface area contributed by atoms with E-state index in [0.717, 1.165) is 46.0 Å². The molecular formula is C12H24N2O2. The third-order valence-corrected chi connectivity index (χ3v) is 3.32. The van der Waals surface area contributed by atoms with Gasteiger partial charge in [0, 0.05) is 32.2 Å². The van der Waals surface area contributed by atoms with Gasteiger partial charge in [0.15, 0.2) is 0 Å². The van der Waals surface area contributed by atoms with Crippen LogP contribution in [0.2, 0.25) is 0 Å². The average Bonchev–Trinajstić information content (AvgIpc) is 2.31. The van der Waals surface area contributed by atoms with Crippen molar-refractivity contribution in [1.82, 2.24) is 10.2 Å². The van der Waals surface area contributed by atoms with Gasteiger partial charge in [0.05, 0.1) is 25.9 Å². The van der Waals surface area contributed by atoms with Crippen molar-refractivity contribution >= 4 is 0 Å². The number of nitrogens with one attached hydrogen (secondary N) is 1. The van der Waals surface area contributed by atoms with Gasteiger partial charge in [0.25, 0.3) is 0 Å². The molecule has 2 saturated heterocycles. The lowest BCUT2D eigenvalue weighted by Gasteiger charge is -2.36. The molecule has 2 aliphatic heterocycles. The molecule has 94 valence electrons. The number of hydrogen-bond acceptors (Lipinski definition) is 4. The molecule has 16 heavy (non-hydrogen) atoms. The molecule has 2 atom stereocenters. The number of nitrogens with zero attached hydrogens (tertiary/aromatic N) is 1. The van der Waals surface area contributed by atoms with Crippen LogP contribution in [0.1, 0.15) is 19.8 Å². The van der Waals surface area contributed by atoms with Crippen LogP contribution in [0, 0.1) is 0 Å². The van der Waals surface area contributed by atoms with Crippen molar-refractivity contribution in [3.63, 3.8) is 0 Å². The highest BCUT2D eigenvalue weighted by Crippen LogP contribution is 2.08. The van der Waals surface area contributed by atoms with Gasteiger partial charge in [-0.05, 0) is 6.42 Å². The Morgan fingerprint density at radius 3 is 3.06 bits per heavy atom. The van der Waals surface area contributed by atoms with Crippen molar-refractivity contribution in [2.75, 3.05) is 46.0 Å². The highest BCUT2D eigenvalue weighted by atomic mass is 16.6. The summed E-state index contributed by atoms with van der Waals surface area (Å²) < 4.78 is 11.1. The normalized spacial score (nSPS) is 32.8. The van der Waals surface area contributed by atoms with Crippen molar-refractivity contribution in [2.45, 2.75) is 31.9 Å². The molecule has 2 aliphatic rings. The maximum atomic E-state index is 5.69. The summed E-state index contributed by atoms with van der Waals surface area (Å²) in [5.74, 6) is 0. The van der Waals surface area contributed by atoms with Crippen LogP contribution < -0.4 is 5.32 Å². The Morgan fingerprint density at radius 1 is 1.38 bits per heavy atom. The molecule has 0 aromatic heterocycles. The maximum absolute atomic E-state index is 5.69. The second-order valence-corrected chi connectivity index (χ2v) is 4.77. The van der Waals surface area contributed by atoms with Crippen LogP contribution in [-0.4, -0.2) is 63.0 Å². The average molecular weight is 228 g/mol. The van der Waals surface area contributed by atoms with Gasteiger partial charge in [0.2, 0.25) is 0 Å². The monoisotopic (exact) mass is 228 g/mol. The SMILES string of the molecule is CCCC1CN(CC2COCCO2)CCN1. The first kappa shape index (κ1) is 12.3. The standard InChI is InChI=1S/C12H24N2O2/c1-2-3-11-8-14(5-4-13-11)9-12-10-15-6-7-16-12/h11-13H,2-10H2,1H3. The Morgan fingerprint density at radius 2 is 2.31 bits per heavy atom. The van der Waals surface area contributed by atoms with E-state index in [2.05, 4.69) is 17.1 Å². The van der Waals surface area contributed by atoms with E-state index in [1.807, 2.05) is 0 Å². The smallest absolute Gasteiger partial charge is 0.0936 e. The van der Waals surface area contributed by atoms with Gasteiger partial charge in [-0.25, -0.2) is 0 Å². The predicted molar refractivity (Wildman–Crippen MR) is 63.7 cm³/mol. The summed E-state index contributed by atoms with van der Waals surface area (Å²) in [6.07, 6.45) is 2.82. The van der Waals surface area contributed by atoms with Gasteiger partial charge in [-0.1, -0.05) is 13.3 Å². The van der Waals surface area contributed by atoms with Gasteiger partial charge in [0.1, 0.15) is 0 Å². The molecule has 2 unspecified atom stereocenters. The fourth-order valence-electron chi connectivity index (χ4n) is 2.53. The lowest BCUT2D eigenvalue weighted by atomic mass is 10.1. The van der Waals surface area contributed by atoms with Crippen molar-refractivity contribution in [3.8, 4) is 0 Å². The van der Waals surface area contributed by atoms with Crippen LogP contribution in [0.5, 0.6) is 0 Å². The van der Waals surface area contributed by atoms with Gasteiger partial charge < -0.3 is 14.8 Å². The minimum atomic E-state index is 0.286. The third kappa shape index (κ3) is 3.70. The van der Waals surface area contributed by atoms with Crippen LogP contribution in [0.3, 0.4) is 0 Å². The largest absolute Gasteiger partial charge is 0.376 e. The van der Waals surface area contributed by atoms with E-state index in [4.69, 9.17) is 9.47 Å². The van der Waals surface area contributed by atoms with Crippen molar-refractivity contribution in [2.24, 2.45) is 0 Å². The minimum absolute atomic E-state index is 0.286. The lowest BCUT2D eigenvalue weighted by Crippen LogP contribution is -2.53. The van der Waals surface area contributed by atoms with Crippen LogP contribution in [-0.2, 0) is 9.47 Å². The van der Waals surface area contributed by atoms with Crippen LogP contribution >= 0.6 is 0 Å². The summed E-state index contributed by atoms with van der Waals surface area (Å²) in [5.41, 5.74) is 0. The Bertz CT molecular complexity index is 193. The molecule has 2 rings (SSSR count). The van der Waals surface area contributed by atoms with Crippen LogP contribution in [0.15, 0.2) is 0 Å². The van der Waals surface area contributed by atoms with Gasteiger partial charge in [-0.2, -0.15) is 0 Å². The van der Waals surface area contributed by atoms with E-state index in [1.165, 1.54) is 12.8 Å². The summed E-state index contributed by atoms with van der Waals surface area (Å²) in [4.78, 5) is 2.51. The van der Waals surface area contributed by atoms with E-state index >= 15 is 0 Å². The molecule has 0 aromatic rings. The lowest BCUT2D eigenvalue weighted by molar-refractivity contribution is -0.0990. The number of hydrogen-bond donors (Lipinski definition) is 1. The first-order valence-electron chi connectivity index (χ1n) is 6.53. The summed E-state index contributed by atoms with van der Waals surface area (Å²) in [7, 11) is 0. The molecule has 4 nitrogen and oxygen atoms in total. The molecule has 0 aliphatic carbocycles. The van der Waals surface area contributed by atoms with Crippen molar-refractivity contribution in [1.29, 1.82) is 0 Å². The molecule has 4 heteroatoms. The molecule has 1 N–H and O–H groups in total. The Kier molecular flexibility index (Phi) is 5.03. The quantitative estimate of drug-likeness (QED) is 0.758. The molecule has 0 saturated carbocycles.